The second-order valence-corrected chi connectivity index (χ2v) is 4.86. The summed E-state index contributed by atoms with van der Waals surface area (Å²) in [6.45, 7) is 3.93. The van der Waals surface area contributed by atoms with Gasteiger partial charge >= 0.3 is 5.97 Å². The Labute approximate surface area is 107 Å². The van der Waals surface area contributed by atoms with Gasteiger partial charge in [0, 0.05) is 6.54 Å². The van der Waals surface area contributed by atoms with E-state index in [1.54, 1.807) is 0 Å². The van der Waals surface area contributed by atoms with Crippen molar-refractivity contribution in [2.45, 2.75) is 32.4 Å². The molecule has 0 bridgehead atoms. The zero-order valence-electron chi connectivity index (χ0n) is 10.9. The Morgan fingerprint density at radius 3 is 2.56 bits per heavy atom. The lowest BCUT2D eigenvalue weighted by molar-refractivity contribution is -0.151. The van der Waals surface area contributed by atoms with Crippen LogP contribution in [0.25, 0.3) is 0 Å². The molecule has 0 radical (unpaired) electrons. The van der Waals surface area contributed by atoms with E-state index < -0.39 is 18.1 Å². The van der Waals surface area contributed by atoms with E-state index in [9.17, 15) is 9.59 Å². The van der Waals surface area contributed by atoms with E-state index >= 15 is 0 Å². The molecule has 0 spiro atoms. The van der Waals surface area contributed by atoms with Crippen LogP contribution in [0.5, 0.6) is 0 Å². The number of nitrogens with two attached hydrogens (primary N) is 1. The highest BCUT2D eigenvalue weighted by atomic mass is 16.5. The molecule has 1 saturated heterocycles. The van der Waals surface area contributed by atoms with Crippen LogP contribution in [0, 0.1) is 23.2 Å². The molecule has 0 aromatic heterocycles. The fraction of sp³-hybridized carbons (Fsp3) is 0.750. The first-order valence-corrected chi connectivity index (χ1v) is 5.95. The first-order valence-electron chi connectivity index (χ1n) is 5.95. The highest BCUT2D eigenvalue weighted by Gasteiger charge is 2.42. The maximum Gasteiger partial charge on any atom is 0.328 e. The van der Waals surface area contributed by atoms with Crippen molar-refractivity contribution in [1.29, 1.82) is 5.26 Å². The van der Waals surface area contributed by atoms with Gasteiger partial charge in [-0.15, -0.1) is 0 Å². The predicted molar refractivity (Wildman–Crippen MR) is 64.1 cm³/mol. The molecule has 0 aromatic carbocycles. The van der Waals surface area contributed by atoms with E-state index in [1.165, 1.54) is 12.0 Å². The highest BCUT2D eigenvalue weighted by molar-refractivity contribution is 5.88. The van der Waals surface area contributed by atoms with Crippen molar-refractivity contribution >= 4 is 11.9 Å². The molecule has 1 amide bonds. The lowest BCUT2D eigenvalue weighted by Crippen LogP contribution is -2.50. The minimum absolute atomic E-state index is 0.0167. The molecule has 1 fully saturated rings. The largest absolute Gasteiger partial charge is 0.467 e. The third-order valence-electron chi connectivity index (χ3n) is 3.24. The summed E-state index contributed by atoms with van der Waals surface area (Å²) in [5.74, 6) is -1.13. The SMILES string of the molecule is COC(=O)[C@@H]1C[C@@H](C#N)CN1C(=O)[C@@H](N)C(C)C. The zero-order chi connectivity index (χ0) is 13.9. The number of ether oxygens (including phenoxy) is 1. The van der Waals surface area contributed by atoms with E-state index in [0.717, 1.165) is 0 Å². The van der Waals surface area contributed by atoms with Crippen LogP contribution >= 0.6 is 0 Å². The van der Waals surface area contributed by atoms with Crippen molar-refractivity contribution in [3.63, 3.8) is 0 Å². The van der Waals surface area contributed by atoms with Crippen molar-refractivity contribution < 1.29 is 14.3 Å². The summed E-state index contributed by atoms with van der Waals surface area (Å²) >= 11 is 0. The quantitative estimate of drug-likeness (QED) is 0.707. The van der Waals surface area contributed by atoms with Crippen LogP contribution in [0.2, 0.25) is 0 Å². The average Bonchev–Trinajstić information content (AvgIpc) is 2.79. The predicted octanol–water partition coefficient (Wildman–Crippen LogP) is -0.117. The second-order valence-electron chi connectivity index (χ2n) is 4.86. The molecule has 6 heteroatoms. The molecule has 6 nitrogen and oxygen atoms in total. The maximum absolute atomic E-state index is 12.2. The molecule has 0 aromatic rings. The molecule has 3 atom stereocenters. The standard InChI is InChI=1S/C12H19N3O3/c1-7(2)10(14)11(16)15-6-8(5-13)4-9(15)12(17)18-3/h7-10H,4,6,14H2,1-3H3/t8-,9-,10-/m0/s1. The number of esters is 1. The van der Waals surface area contributed by atoms with Gasteiger partial charge in [-0.1, -0.05) is 13.8 Å². The molecule has 1 heterocycles. The van der Waals surface area contributed by atoms with Crippen LogP contribution in [-0.2, 0) is 14.3 Å². The van der Waals surface area contributed by atoms with E-state index in [1.807, 2.05) is 13.8 Å². The van der Waals surface area contributed by atoms with Crippen molar-refractivity contribution in [2.75, 3.05) is 13.7 Å². The van der Waals surface area contributed by atoms with E-state index in [4.69, 9.17) is 11.0 Å². The topological polar surface area (TPSA) is 96.4 Å². The van der Waals surface area contributed by atoms with Crippen molar-refractivity contribution in [3.05, 3.63) is 0 Å². The van der Waals surface area contributed by atoms with Crippen molar-refractivity contribution in [2.24, 2.45) is 17.6 Å². The van der Waals surface area contributed by atoms with Crippen LogP contribution in [-0.4, -0.2) is 42.5 Å². The van der Waals surface area contributed by atoms with Crippen molar-refractivity contribution in [1.82, 2.24) is 4.90 Å². The van der Waals surface area contributed by atoms with Gasteiger partial charge < -0.3 is 15.4 Å². The molecule has 18 heavy (non-hydrogen) atoms. The fourth-order valence-electron chi connectivity index (χ4n) is 2.01. The normalized spacial score (nSPS) is 24.8. The maximum atomic E-state index is 12.2. The van der Waals surface area contributed by atoms with Crippen LogP contribution < -0.4 is 5.73 Å². The molecule has 0 saturated carbocycles. The summed E-state index contributed by atoms with van der Waals surface area (Å²) in [6, 6.07) is 0.742. The van der Waals surface area contributed by atoms with E-state index in [-0.39, 0.29) is 24.3 Å². The lowest BCUT2D eigenvalue weighted by atomic mass is 10.0. The molecule has 1 rings (SSSR count). The molecule has 1 aliphatic rings. The minimum Gasteiger partial charge on any atom is -0.467 e. The fourth-order valence-corrected chi connectivity index (χ4v) is 2.01. The molecule has 1 aliphatic heterocycles. The molecule has 0 aliphatic carbocycles. The molecule has 2 N–H and O–H groups in total. The smallest absolute Gasteiger partial charge is 0.328 e. The number of carbonyl (C=O) groups is 2. The Balaban J connectivity index is 2.87. The number of carbonyl (C=O) groups excluding carboxylic acids is 2. The number of likely N-dealkylation sites (tertiary alicyclic amines) is 1. The molecule has 100 valence electrons. The zero-order valence-corrected chi connectivity index (χ0v) is 10.9. The number of hydrogen-bond donors (Lipinski definition) is 1. The van der Waals surface area contributed by atoms with E-state index in [0.29, 0.717) is 6.42 Å². The summed E-state index contributed by atoms with van der Waals surface area (Å²) in [6.07, 6.45) is 0.319. The number of rotatable bonds is 3. The Kier molecular flexibility index (Phi) is 4.68. The van der Waals surface area contributed by atoms with Gasteiger partial charge in [-0.05, 0) is 12.3 Å². The first-order chi connectivity index (χ1) is 8.42. The second kappa shape index (κ2) is 5.83. The molecular weight excluding hydrogens is 234 g/mol. The summed E-state index contributed by atoms with van der Waals surface area (Å²) in [5, 5.41) is 8.91. The first kappa shape index (κ1) is 14.5. The summed E-state index contributed by atoms with van der Waals surface area (Å²) in [5.41, 5.74) is 5.80. The third-order valence-corrected chi connectivity index (χ3v) is 3.24. The van der Waals surface area contributed by atoms with Gasteiger partial charge in [0.25, 0.3) is 0 Å². The van der Waals surface area contributed by atoms with Gasteiger partial charge in [-0.2, -0.15) is 5.26 Å². The van der Waals surface area contributed by atoms with Crippen LogP contribution in [0.15, 0.2) is 0 Å². The number of nitrogens with zero attached hydrogens (tertiary/aromatic N) is 2. The van der Waals surface area contributed by atoms with Crippen LogP contribution in [0.3, 0.4) is 0 Å². The average molecular weight is 253 g/mol. The lowest BCUT2D eigenvalue weighted by Gasteiger charge is -2.27. The monoisotopic (exact) mass is 253 g/mol. The highest BCUT2D eigenvalue weighted by Crippen LogP contribution is 2.25. The van der Waals surface area contributed by atoms with E-state index in [2.05, 4.69) is 10.8 Å². The van der Waals surface area contributed by atoms with Gasteiger partial charge in [0.15, 0.2) is 0 Å². The Morgan fingerprint density at radius 2 is 2.11 bits per heavy atom. The van der Waals surface area contributed by atoms with Gasteiger partial charge in [0.1, 0.15) is 6.04 Å². The van der Waals surface area contributed by atoms with Gasteiger partial charge in [0.2, 0.25) is 5.91 Å². The summed E-state index contributed by atoms with van der Waals surface area (Å²) in [4.78, 5) is 25.2. The van der Waals surface area contributed by atoms with Crippen molar-refractivity contribution in [3.8, 4) is 6.07 Å². The summed E-state index contributed by atoms with van der Waals surface area (Å²) < 4.78 is 4.66. The Hall–Kier alpha value is -1.61. The van der Waals surface area contributed by atoms with Gasteiger partial charge in [0.05, 0.1) is 25.1 Å². The minimum atomic E-state index is -0.683. The number of methoxy groups -OCH3 is 1. The summed E-state index contributed by atoms with van der Waals surface area (Å²) in [7, 11) is 1.27. The number of hydrogen-bond acceptors (Lipinski definition) is 5. The molecular formula is C12H19N3O3. The molecule has 0 unspecified atom stereocenters. The van der Waals surface area contributed by atoms with Crippen LogP contribution in [0.1, 0.15) is 20.3 Å². The van der Waals surface area contributed by atoms with Gasteiger partial charge in [-0.25, -0.2) is 4.79 Å². The Morgan fingerprint density at radius 1 is 1.50 bits per heavy atom. The van der Waals surface area contributed by atoms with Gasteiger partial charge in [-0.3, -0.25) is 4.79 Å². The number of amides is 1. The third kappa shape index (κ3) is 2.79. The number of nitriles is 1. The Bertz CT molecular complexity index is 375. The van der Waals surface area contributed by atoms with Crippen LogP contribution in [0.4, 0.5) is 0 Å².